The lowest BCUT2D eigenvalue weighted by atomic mass is 10.1. The molecule has 4 aromatic heterocycles. The number of hydrogen-bond acceptors (Lipinski definition) is 21. The van der Waals surface area contributed by atoms with Crippen molar-refractivity contribution in [3.05, 3.63) is 200 Å². The van der Waals surface area contributed by atoms with E-state index in [0.717, 1.165) is 169 Å². The van der Waals surface area contributed by atoms with Crippen LogP contribution in [0.2, 0.25) is 0 Å². The molecule has 0 radical (unpaired) electrons. The fourth-order valence-electron chi connectivity index (χ4n) is 13.1. The molecule has 21 nitrogen and oxygen atoms in total. The van der Waals surface area contributed by atoms with E-state index in [9.17, 15) is 28.8 Å². The van der Waals surface area contributed by atoms with E-state index in [1.807, 2.05) is 110 Å². The van der Waals surface area contributed by atoms with Crippen molar-refractivity contribution in [2.75, 3.05) is 147 Å². The van der Waals surface area contributed by atoms with Crippen molar-refractivity contribution >= 4 is 104 Å². The van der Waals surface area contributed by atoms with Gasteiger partial charge in [0.05, 0.1) is 62.7 Å². The Morgan fingerprint density at radius 3 is 1.10 bits per heavy atom. The van der Waals surface area contributed by atoms with E-state index >= 15 is 0 Å². The number of anilines is 4. The van der Waals surface area contributed by atoms with E-state index in [2.05, 4.69) is 115 Å². The highest BCUT2D eigenvalue weighted by Crippen LogP contribution is 2.31. The van der Waals surface area contributed by atoms with Crippen LogP contribution in [-0.2, 0) is 42.2 Å². The molecule has 4 aliphatic heterocycles. The number of amides is 4. The molecule has 0 atom stereocenters. The molecule has 4 saturated heterocycles. The van der Waals surface area contributed by atoms with Crippen LogP contribution in [0, 0.1) is 79.5 Å². The first-order valence-electron chi connectivity index (χ1n) is 35.7. The summed E-state index contributed by atoms with van der Waals surface area (Å²) in [5.41, 5.74) is 14.1. The van der Waals surface area contributed by atoms with Gasteiger partial charge in [-0.2, -0.15) is 5.26 Å². The van der Waals surface area contributed by atoms with Crippen LogP contribution in [0.25, 0.3) is 10.8 Å². The van der Waals surface area contributed by atoms with Gasteiger partial charge in [-0.1, -0.05) is 99.5 Å². The largest absolute Gasteiger partial charge is 0.369 e. The summed E-state index contributed by atoms with van der Waals surface area (Å²) in [6.45, 7) is 29.7. The molecule has 0 N–H and O–H groups in total. The second-order valence-corrected chi connectivity index (χ2v) is 30.3. The third-order valence-corrected chi connectivity index (χ3v) is 23.3. The average Bonchev–Trinajstić information content (AvgIpc) is 1.83. The minimum atomic E-state index is -0.211. The second kappa shape index (κ2) is 38.9. The van der Waals surface area contributed by atoms with Crippen molar-refractivity contribution in [2.45, 2.75) is 91.7 Å². The molecule has 8 heterocycles. The Hall–Kier alpha value is -8.90. The number of hydrogen-bond donors (Lipinski definition) is 0. The Kier molecular flexibility index (Phi) is 29.2. The first-order valence-corrected chi connectivity index (χ1v) is 40.3. The molecule has 0 saturated carbocycles. The van der Waals surface area contributed by atoms with Gasteiger partial charge < -0.3 is 57.3 Å². The number of nitrogens with zero attached hydrogens (tertiary/aromatic N) is 13. The van der Waals surface area contributed by atoms with Crippen LogP contribution < -0.4 is 19.6 Å². The highest BCUT2D eigenvalue weighted by molar-refractivity contribution is 7.99. The monoisotopic (exact) mass is 1500 g/mol. The Balaban J connectivity index is 0.000000150. The quantitative estimate of drug-likeness (QED) is 0.0692. The Labute approximate surface area is 632 Å². The predicted octanol–water partition coefficient (Wildman–Crippen LogP) is 13.4. The molecule has 4 fully saturated rings. The van der Waals surface area contributed by atoms with Crippen LogP contribution in [0.15, 0.2) is 133 Å². The molecule has 9 aromatic rings. The molecule has 5 aromatic carbocycles. The van der Waals surface area contributed by atoms with Gasteiger partial charge in [-0.15, -0.1) is 47.0 Å². The average molecular weight is 1500 g/mol. The third-order valence-electron chi connectivity index (χ3n) is 19.5. The summed E-state index contributed by atoms with van der Waals surface area (Å²) in [6.07, 6.45) is 1.01. The normalized spacial score (nSPS) is 14.8. The lowest BCUT2D eigenvalue weighted by Gasteiger charge is -2.36. The standard InChI is InChI=1S/C22H25N3O2S.C20H27N3O2S.C19H22N4O2S.C18H22FN3O2S/c1-16-20(17(2)27-23-16)14-28-15-22(26)25-12-10-24(11-13-25)21-9-5-7-18-6-3-4-8-19(18)21;1-15-7-4-5-8-19(15)22-9-6-10-23(12-11-22)20(24)14-26-13-18-16(2)21-25-17(18)3;1-14-17(15(2)25-21-14)12-26-13-19(24)23-9-7-22(8-10-23)18-6-4-3-5-16(18)11-20;1-13-15(14(2)24-20-13)11-25-12-18(23)22-9-7-21(8-10-22)17-6-4-3-5-16(17)19/h3-9H,10-15H2,1-2H3;4-5,7-8H,6,9-14H2,1-3H3;3-6H,7-10,12-13H2,1-2H3;3-6H,7-12H2,1-2H3. The molecule has 26 heteroatoms. The van der Waals surface area contributed by atoms with Crippen molar-refractivity contribution in [3.63, 3.8) is 0 Å². The van der Waals surface area contributed by atoms with Gasteiger partial charge in [-0.05, 0) is 116 Å². The first kappa shape index (κ1) is 78.7. The fourth-order valence-corrected chi connectivity index (χ4v) is 17.4. The molecule has 13 rings (SSSR count). The van der Waals surface area contributed by atoms with Crippen LogP contribution >= 0.6 is 47.0 Å². The predicted molar refractivity (Wildman–Crippen MR) is 421 cm³/mol. The van der Waals surface area contributed by atoms with Crippen molar-refractivity contribution < 1.29 is 41.7 Å². The van der Waals surface area contributed by atoms with E-state index in [-0.39, 0.29) is 29.4 Å². The first-order chi connectivity index (χ1) is 50.8. The summed E-state index contributed by atoms with van der Waals surface area (Å²) in [4.78, 5) is 66.8. The van der Waals surface area contributed by atoms with Gasteiger partial charge in [-0.25, -0.2) is 4.39 Å². The maximum absolute atomic E-state index is 13.9. The second-order valence-electron chi connectivity index (χ2n) is 26.4. The van der Waals surface area contributed by atoms with Gasteiger partial charge in [-0.3, -0.25) is 19.2 Å². The molecule has 0 unspecified atom stereocenters. The van der Waals surface area contributed by atoms with Crippen LogP contribution in [0.5, 0.6) is 0 Å². The van der Waals surface area contributed by atoms with Crippen molar-refractivity contribution in [3.8, 4) is 6.07 Å². The maximum Gasteiger partial charge on any atom is 0.232 e. The molecule has 0 spiro atoms. The summed E-state index contributed by atoms with van der Waals surface area (Å²) in [5, 5.41) is 27.6. The van der Waals surface area contributed by atoms with E-state index in [1.165, 1.54) is 33.8 Å². The summed E-state index contributed by atoms with van der Waals surface area (Å²) in [7, 11) is 0. The van der Waals surface area contributed by atoms with E-state index in [1.54, 1.807) is 59.2 Å². The minimum Gasteiger partial charge on any atom is -0.369 e. The molecule has 0 bridgehead atoms. The molecule has 4 amide bonds. The zero-order valence-corrected chi connectivity index (χ0v) is 65.0. The number of nitriles is 1. The molecule has 105 heavy (non-hydrogen) atoms. The number of fused-ring (bicyclic) bond motifs is 1. The number of para-hydroxylation sites is 3. The maximum atomic E-state index is 13.9. The van der Waals surface area contributed by atoms with Gasteiger partial charge in [0, 0.05) is 167 Å². The number of rotatable bonds is 20. The third kappa shape index (κ3) is 21.4. The summed E-state index contributed by atoms with van der Waals surface area (Å²) >= 11 is 6.45. The number of aryl methyl sites for hydroxylation is 9. The lowest BCUT2D eigenvalue weighted by Crippen LogP contribution is -2.49. The lowest BCUT2D eigenvalue weighted by molar-refractivity contribution is -0.129. The summed E-state index contributed by atoms with van der Waals surface area (Å²) < 4.78 is 34.5. The highest BCUT2D eigenvalue weighted by Gasteiger charge is 2.28. The van der Waals surface area contributed by atoms with Crippen molar-refractivity contribution in [2.24, 2.45) is 0 Å². The van der Waals surface area contributed by atoms with Gasteiger partial charge in [0.2, 0.25) is 23.6 Å². The molecular weight excluding hydrogens is 1410 g/mol. The SMILES string of the molecule is Cc1ccccc1N1CCCN(C(=O)CSCc2c(C)noc2C)CC1.Cc1noc(C)c1CSCC(=O)N1CCN(c2cccc3ccccc23)CC1.Cc1noc(C)c1CSCC(=O)N1CCN(c2ccccc2C#N)CC1.Cc1noc(C)c1CSCC(=O)N1CCN(c2ccccc2F)CC1. The molecule has 556 valence electrons. The van der Waals surface area contributed by atoms with Gasteiger partial charge in [0.25, 0.3) is 0 Å². The van der Waals surface area contributed by atoms with Crippen LogP contribution in [-0.4, -0.2) is 192 Å². The van der Waals surface area contributed by atoms with Gasteiger partial charge in [0.15, 0.2) is 0 Å². The van der Waals surface area contributed by atoms with Crippen molar-refractivity contribution in [1.82, 2.24) is 40.2 Å². The zero-order valence-electron chi connectivity index (χ0n) is 61.7. The van der Waals surface area contributed by atoms with Crippen LogP contribution in [0.3, 0.4) is 0 Å². The number of carbonyl (C=O) groups excluding carboxylic acids is 4. The smallest absolute Gasteiger partial charge is 0.232 e. The van der Waals surface area contributed by atoms with Crippen LogP contribution in [0.4, 0.5) is 27.1 Å². The molecular formula is C79H96FN13O8S4. The number of piperazine rings is 3. The topological polar surface area (TPSA) is 222 Å². The summed E-state index contributed by atoms with van der Waals surface area (Å²) in [5.74, 6) is 8.77. The number of halogens is 1. The Morgan fingerprint density at radius 2 is 0.705 bits per heavy atom. The minimum absolute atomic E-state index is 0.130. The fraction of sp³-hybridized carbons (Fsp3) is 0.430. The van der Waals surface area contributed by atoms with Gasteiger partial charge in [0.1, 0.15) is 34.9 Å². The Bertz CT molecular complexity index is 4310. The van der Waals surface area contributed by atoms with E-state index < -0.39 is 0 Å². The number of thioether (sulfide) groups is 4. The molecule has 4 aliphatic rings. The zero-order chi connectivity index (χ0) is 74.4. The number of aromatic nitrogens is 4. The van der Waals surface area contributed by atoms with E-state index in [0.29, 0.717) is 73.5 Å². The number of carbonyl (C=O) groups is 4. The molecule has 0 aliphatic carbocycles. The van der Waals surface area contributed by atoms with Crippen LogP contribution in [0.1, 0.15) is 85.6 Å². The summed E-state index contributed by atoms with van der Waals surface area (Å²) in [6, 6.07) is 40.0. The van der Waals surface area contributed by atoms with Gasteiger partial charge >= 0.3 is 0 Å². The van der Waals surface area contributed by atoms with E-state index in [4.69, 9.17) is 18.1 Å². The highest BCUT2D eigenvalue weighted by atomic mass is 32.2. The Morgan fingerprint density at radius 1 is 0.381 bits per heavy atom. The number of benzene rings is 5. The van der Waals surface area contributed by atoms with Crippen molar-refractivity contribution in [1.29, 1.82) is 5.26 Å².